The van der Waals surface area contributed by atoms with Crippen LogP contribution < -0.4 is 16.4 Å². The van der Waals surface area contributed by atoms with Gasteiger partial charge in [0.05, 0.1) is 27.8 Å². The van der Waals surface area contributed by atoms with Crippen LogP contribution >= 0.6 is 0 Å². The molecule has 0 unspecified atom stereocenters. The summed E-state index contributed by atoms with van der Waals surface area (Å²) in [6.45, 7) is 0.690. The average Bonchev–Trinajstić information content (AvgIpc) is 2.58. The largest absolute Gasteiger partial charge is 0.397 e. The Morgan fingerprint density at radius 2 is 1.83 bits per heavy atom. The van der Waals surface area contributed by atoms with Crippen LogP contribution in [0.3, 0.4) is 0 Å². The van der Waals surface area contributed by atoms with Crippen LogP contribution in [-0.2, 0) is 14.6 Å². The highest BCUT2D eigenvalue weighted by atomic mass is 32.2. The van der Waals surface area contributed by atoms with Crippen molar-refractivity contribution >= 4 is 27.2 Å². The van der Waals surface area contributed by atoms with Crippen LogP contribution in [0.25, 0.3) is 0 Å². The maximum Gasteiger partial charge on any atom is 0.319 e. The highest BCUT2D eigenvalue weighted by molar-refractivity contribution is 7.91. The highest BCUT2D eigenvalue weighted by Gasteiger charge is 2.19. The Labute approximate surface area is 140 Å². The van der Waals surface area contributed by atoms with Gasteiger partial charge in [0.25, 0.3) is 0 Å². The number of rotatable bonds is 6. The zero-order valence-corrected chi connectivity index (χ0v) is 14.0. The molecular formula is C16H19N3O4S. The van der Waals surface area contributed by atoms with Gasteiger partial charge in [-0.3, -0.25) is 0 Å². The van der Waals surface area contributed by atoms with Crippen molar-refractivity contribution in [1.82, 2.24) is 5.32 Å². The predicted molar refractivity (Wildman–Crippen MR) is 91.6 cm³/mol. The summed E-state index contributed by atoms with van der Waals surface area (Å²) in [7, 11) is -2.16. The third-order valence-corrected chi connectivity index (χ3v) is 5.00. The fourth-order valence-electron chi connectivity index (χ4n) is 1.98. The van der Waals surface area contributed by atoms with Crippen LogP contribution in [0.15, 0.2) is 58.3 Å². The van der Waals surface area contributed by atoms with Gasteiger partial charge in [-0.15, -0.1) is 0 Å². The number of hydrogen-bond donors (Lipinski definition) is 3. The Morgan fingerprint density at radius 3 is 2.50 bits per heavy atom. The molecule has 0 aliphatic heterocycles. The minimum atomic E-state index is -3.68. The number of carbonyl (C=O) groups excluding carboxylic acids is 1. The number of anilines is 2. The number of nitrogen functional groups attached to an aromatic ring is 1. The van der Waals surface area contributed by atoms with Crippen LogP contribution in [0.2, 0.25) is 0 Å². The third-order valence-electron chi connectivity index (χ3n) is 3.23. The van der Waals surface area contributed by atoms with Crippen molar-refractivity contribution in [3.8, 4) is 0 Å². The number of benzene rings is 2. The molecule has 2 amide bonds. The summed E-state index contributed by atoms with van der Waals surface area (Å²) in [4.78, 5) is 12.0. The van der Waals surface area contributed by atoms with Crippen molar-refractivity contribution in [1.29, 1.82) is 0 Å². The Hall–Kier alpha value is -2.58. The van der Waals surface area contributed by atoms with E-state index in [1.165, 1.54) is 37.4 Å². The fourth-order valence-corrected chi connectivity index (χ4v) is 3.29. The molecule has 0 aliphatic rings. The van der Waals surface area contributed by atoms with Gasteiger partial charge in [-0.05, 0) is 30.3 Å². The summed E-state index contributed by atoms with van der Waals surface area (Å²) in [6, 6.07) is 11.7. The Balaban J connectivity index is 2.24. The van der Waals surface area contributed by atoms with Crippen molar-refractivity contribution in [2.24, 2.45) is 0 Å². The van der Waals surface area contributed by atoms with E-state index in [2.05, 4.69) is 10.6 Å². The van der Waals surface area contributed by atoms with Crippen LogP contribution in [0.1, 0.15) is 0 Å². The first-order valence-electron chi connectivity index (χ1n) is 7.18. The number of amides is 2. The predicted octanol–water partition coefficient (Wildman–Crippen LogP) is 1.87. The molecule has 0 saturated carbocycles. The van der Waals surface area contributed by atoms with Gasteiger partial charge in [-0.2, -0.15) is 0 Å². The topological polar surface area (TPSA) is 111 Å². The molecular weight excluding hydrogens is 330 g/mol. The molecule has 0 aliphatic carbocycles. The maximum absolute atomic E-state index is 12.6. The monoisotopic (exact) mass is 349 g/mol. The molecule has 128 valence electrons. The summed E-state index contributed by atoms with van der Waals surface area (Å²) in [5.74, 6) is 0. The number of nitrogens with two attached hydrogens (primary N) is 1. The summed E-state index contributed by atoms with van der Waals surface area (Å²) in [6.07, 6.45) is 0. The van der Waals surface area contributed by atoms with Gasteiger partial charge in [-0.25, -0.2) is 13.2 Å². The van der Waals surface area contributed by atoms with Gasteiger partial charge >= 0.3 is 6.03 Å². The second-order valence-electron chi connectivity index (χ2n) is 4.94. The lowest BCUT2D eigenvalue weighted by Gasteiger charge is -2.12. The maximum atomic E-state index is 12.6. The average molecular weight is 349 g/mol. The summed E-state index contributed by atoms with van der Waals surface area (Å²) in [5.41, 5.74) is 6.30. The molecule has 0 bridgehead atoms. The van der Waals surface area contributed by atoms with Crippen molar-refractivity contribution < 1.29 is 17.9 Å². The molecule has 0 atom stereocenters. The fraction of sp³-hybridized carbons (Fsp3) is 0.188. The van der Waals surface area contributed by atoms with Crippen molar-refractivity contribution in [2.45, 2.75) is 9.79 Å². The first-order valence-corrected chi connectivity index (χ1v) is 8.67. The van der Waals surface area contributed by atoms with E-state index in [1.807, 2.05) is 0 Å². The zero-order valence-electron chi connectivity index (χ0n) is 13.2. The first-order chi connectivity index (χ1) is 11.4. The minimum Gasteiger partial charge on any atom is -0.397 e. The number of methoxy groups -OCH3 is 1. The minimum absolute atomic E-state index is 0.0510. The quantitative estimate of drug-likeness (QED) is 0.545. The molecule has 7 nitrogen and oxygen atoms in total. The molecule has 4 N–H and O–H groups in total. The van der Waals surface area contributed by atoms with Crippen molar-refractivity contribution in [3.05, 3.63) is 48.5 Å². The summed E-state index contributed by atoms with van der Waals surface area (Å²) < 4.78 is 30.0. The molecule has 0 saturated heterocycles. The van der Waals surface area contributed by atoms with E-state index >= 15 is 0 Å². The second kappa shape index (κ2) is 7.80. The van der Waals surface area contributed by atoms with Gasteiger partial charge in [0.2, 0.25) is 9.84 Å². The van der Waals surface area contributed by atoms with Gasteiger partial charge in [0, 0.05) is 13.7 Å². The van der Waals surface area contributed by atoms with Crippen LogP contribution in [-0.4, -0.2) is 34.7 Å². The normalized spacial score (nSPS) is 11.0. The van der Waals surface area contributed by atoms with Crippen LogP contribution in [0.5, 0.6) is 0 Å². The lowest BCUT2D eigenvalue weighted by Crippen LogP contribution is -2.31. The lowest BCUT2D eigenvalue weighted by atomic mass is 10.3. The Morgan fingerprint density at radius 1 is 1.12 bits per heavy atom. The number of carbonyl (C=O) groups is 1. The van der Waals surface area contributed by atoms with Crippen LogP contribution in [0, 0.1) is 0 Å². The molecule has 24 heavy (non-hydrogen) atoms. The van der Waals surface area contributed by atoms with E-state index in [0.29, 0.717) is 13.2 Å². The number of urea groups is 1. The molecule has 2 aromatic rings. The zero-order chi connectivity index (χ0) is 17.6. The van der Waals surface area contributed by atoms with E-state index in [-0.39, 0.29) is 21.2 Å². The van der Waals surface area contributed by atoms with Gasteiger partial charge in [0.15, 0.2) is 0 Å². The molecule has 0 spiro atoms. The Bertz CT molecular complexity index is 807. The van der Waals surface area contributed by atoms with Gasteiger partial charge in [0.1, 0.15) is 0 Å². The number of sulfone groups is 1. The smallest absolute Gasteiger partial charge is 0.319 e. The van der Waals surface area contributed by atoms with E-state index < -0.39 is 15.9 Å². The first kappa shape index (κ1) is 17.8. The molecule has 2 rings (SSSR count). The number of hydrogen-bond acceptors (Lipinski definition) is 5. The standard InChI is InChI=1S/C16H19N3O4S/c1-23-10-9-18-16(20)19-15-11-13(7-8-14(15)17)24(21,22)12-5-3-2-4-6-12/h2-8,11H,9-10,17H2,1H3,(H2,18,19,20). The summed E-state index contributed by atoms with van der Waals surface area (Å²) >= 11 is 0. The van der Waals surface area contributed by atoms with E-state index in [0.717, 1.165) is 0 Å². The van der Waals surface area contributed by atoms with Crippen molar-refractivity contribution in [3.63, 3.8) is 0 Å². The molecule has 0 heterocycles. The highest BCUT2D eigenvalue weighted by Crippen LogP contribution is 2.27. The van der Waals surface area contributed by atoms with Gasteiger partial charge < -0.3 is 21.1 Å². The lowest BCUT2D eigenvalue weighted by molar-refractivity contribution is 0.198. The third kappa shape index (κ3) is 4.24. The van der Waals surface area contributed by atoms with Gasteiger partial charge in [-0.1, -0.05) is 18.2 Å². The molecule has 0 fully saturated rings. The van der Waals surface area contributed by atoms with E-state index in [4.69, 9.17) is 10.5 Å². The SMILES string of the molecule is COCCNC(=O)Nc1cc(S(=O)(=O)c2ccccc2)ccc1N. The van der Waals surface area contributed by atoms with Crippen molar-refractivity contribution in [2.75, 3.05) is 31.3 Å². The van der Waals surface area contributed by atoms with E-state index in [1.54, 1.807) is 18.2 Å². The second-order valence-corrected chi connectivity index (χ2v) is 6.89. The van der Waals surface area contributed by atoms with E-state index in [9.17, 15) is 13.2 Å². The molecule has 0 aromatic heterocycles. The molecule has 8 heteroatoms. The van der Waals surface area contributed by atoms with Crippen LogP contribution in [0.4, 0.5) is 16.2 Å². The Kier molecular flexibility index (Phi) is 5.78. The number of nitrogens with one attached hydrogen (secondary N) is 2. The molecule has 2 aromatic carbocycles. The number of ether oxygens (including phenoxy) is 1. The molecule has 0 radical (unpaired) electrons. The summed E-state index contributed by atoms with van der Waals surface area (Å²) in [5, 5.41) is 5.11.